The van der Waals surface area contributed by atoms with E-state index in [0.29, 0.717) is 33.8 Å². The first-order valence-electron chi connectivity index (χ1n) is 8.86. The lowest BCUT2D eigenvalue weighted by Crippen LogP contribution is -2.32. The molecular formula is C20H22Cl2N2O3. The molecule has 1 aliphatic heterocycles. The lowest BCUT2D eigenvalue weighted by Gasteiger charge is -2.19. The fourth-order valence-corrected chi connectivity index (χ4v) is 3.31. The zero-order chi connectivity index (χ0) is 19.6. The minimum absolute atomic E-state index is 0.135. The number of fused-ring (bicyclic) bond motifs is 1. The van der Waals surface area contributed by atoms with Gasteiger partial charge in [0.25, 0.3) is 0 Å². The summed E-state index contributed by atoms with van der Waals surface area (Å²) in [5.41, 5.74) is 2.29. The van der Waals surface area contributed by atoms with Crippen molar-refractivity contribution in [2.75, 3.05) is 17.2 Å². The number of rotatable bonds is 6. The van der Waals surface area contributed by atoms with Crippen LogP contribution in [-0.4, -0.2) is 24.7 Å². The zero-order valence-corrected chi connectivity index (χ0v) is 16.9. The first-order valence-corrected chi connectivity index (χ1v) is 9.62. The number of amides is 1. The summed E-state index contributed by atoms with van der Waals surface area (Å²) in [6, 6.07) is 8.43. The summed E-state index contributed by atoms with van der Waals surface area (Å²) in [4.78, 5) is 12.6. The molecule has 1 aliphatic rings. The quantitative estimate of drug-likeness (QED) is 0.693. The number of anilines is 2. The Balaban J connectivity index is 1.76. The fraction of sp³-hybridized carbons (Fsp3) is 0.350. The standard InChI is InChI=1S/C20H22Cl2N2O3/c1-4-26-18-9-13-8-11(2)27-17(13)10-16(18)23-12(3)20(25)24-15-7-5-6-14(21)19(15)22/h5-7,9-12,23H,4,8H2,1-3H3,(H,24,25)/t11-,12-/m0/s1. The maximum absolute atomic E-state index is 12.6. The molecule has 7 heteroatoms. The van der Waals surface area contributed by atoms with Crippen molar-refractivity contribution in [1.82, 2.24) is 0 Å². The highest BCUT2D eigenvalue weighted by Gasteiger charge is 2.23. The number of hydrogen-bond donors (Lipinski definition) is 2. The van der Waals surface area contributed by atoms with E-state index in [4.69, 9.17) is 32.7 Å². The maximum atomic E-state index is 12.6. The van der Waals surface area contributed by atoms with Crippen LogP contribution < -0.4 is 20.1 Å². The van der Waals surface area contributed by atoms with Gasteiger partial charge in [-0.1, -0.05) is 29.3 Å². The summed E-state index contributed by atoms with van der Waals surface area (Å²) < 4.78 is 11.6. The molecule has 2 aromatic carbocycles. The molecule has 1 heterocycles. The van der Waals surface area contributed by atoms with Crippen molar-refractivity contribution in [3.63, 3.8) is 0 Å². The van der Waals surface area contributed by atoms with Crippen molar-refractivity contribution >= 4 is 40.5 Å². The average molecular weight is 409 g/mol. The van der Waals surface area contributed by atoms with Crippen LogP contribution >= 0.6 is 23.2 Å². The van der Waals surface area contributed by atoms with Crippen LogP contribution in [0.4, 0.5) is 11.4 Å². The van der Waals surface area contributed by atoms with Crippen molar-refractivity contribution in [3.8, 4) is 11.5 Å². The molecule has 0 radical (unpaired) electrons. The molecule has 2 N–H and O–H groups in total. The number of hydrogen-bond acceptors (Lipinski definition) is 4. The highest BCUT2D eigenvalue weighted by molar-refractivity contribution is 6.44. The molecule has 0 aliphatic carbocycles. The van der Waals surface area contributed by atoms with Crippen LogP contribution in [0, 0.1) is 0 Å². The minimum Gasteiger partial charge on any atom is -0.492 e. The molecule has 0 fully saturated rings. The van der Waals surface area contributed by atoms with Crippen LogP contribution in [0.1, 0.15) is 26.3 Å². The molecule has 0 bridgehead atoms. The SMILES string of the molecule is CCOc1cc2c(cc1N[C@@H](C)C(=O)Nc1cccc(Cl)c1Cl)O[C@@H](C)C2. The van der Waals surface area contributed by atoms with Crippen molar-refractivity contribution < 1.29 is 14.3 Å². The van der Waals surface area contributed by atoms with Gasteiger partial charge in [0.2, 0.25) is 5.91 Å². The van der Waals surface area contributed by atoms with Gasteiger partial charge < -0.3 is 20.1 Å². The van der Waals surface area contributed by atoms with Crippen LogP contribution in [0.25, 0.3) is 0 Å². The van der Waals surface area contributed by atoms with Gasteiger partial charge >= 0.3 is 0 Å². The predicted molar refractivity (Wildman–Crippen MR) is 110 cm³/mol. The maximum Gasteiger partial charge on any atom is 0.246 e. The van der Waals surface area contributed by atoms with Gasteiger partial charge in [0.1, 0.15) is 23.6 Å². The van der Waals surface area contributed by atoms with E-state index in [1.54, 1.807) is 25.1 Å². The fourth-order valence-electron chi connectivity index (χ4n) is 2.97. The first-order chi connectivity index (χ1) is 12.9. The van der Waals surface area contributed by atoms with Gasteiger partial charge in [-0.3, -0.25) is 4.79 Å². The zero-order valence-electron chi connectivity index (χ0n) is 15.4. The monoisotopic (exact) mass is 408 g/mol. The van der Waals surface area contributed by atoms with E-state index in [0.717, 1.165) is 17.7 Å². The van der Waals surface area contributed by atoms with Crippen LogP contribution in [-0.2, 0) is 11.2 Å². The second-order valence-electron chi connectivity index (χ2n) is 6.48. The Morgan fingerprint density at radius 3 is 2.85 bits per heavy atom. The Morgan fingerprint density at radius 1 is 1.33 bits per heavy atom. The summed E-state index contributed by atoms with van der Waals surface area (Å²) in [6.07, 6.45) is 0.981. The van der Waals surface area contributed by atoms with Crippen molar-refractivity contribution in [1.29, 1.82) is 0 Å². The summed E-state index contributed by atoms with van der Waals surface area (Å²) in [6.45, 7) is 6.24. The smallest absolute Gasteiger partial charge is 0.246 e. The Morgan fingerprint density at radius 2 is 2.11 bits per heavy atom. The van der Waals surface area contributed by atoms with Gasteiger partial charge in [-0.15, -0.1) is 0 Å². The largest absolute Gasteiger partial charge is 0.492 e. The van der Waals surface area contributed by atoms with E-state index < -0.39 is 6.04 Å². The number of carbonyl (C=O) groups is 1. The van der Waals surface area contributed by atoms with E-state index in [9.17, 15) is 4.79 Å². The van der Waals surface area contributed by atoms with Gasteiger partial charge in [0.05, 0.1) is 28.0 Å². The average Bonchev–Trinajstić information content (AvgIpc) is 2.98. The molecule has 0 unspecified atom stereocenters. The van der Waals surface area contributed by atoms with Crippen LogP contribution in [0.5, 0.6) is 11.5 Å². The normalized spacial score (nSPS) is 16.3. The third-order valence-electron chi connectivity index (χ3n) is 4.27. The van der Waals surface area contributed by atoms with Crippen LogP contribution in [0.2, 0.25) is 10.0 Å². The number of halogens is 2. The van der Waals surface area contributed by atoms with Gasteiger partial charge in [-0.2, -0.15) is 0 Å². The van der Waals surface area contributed by atoms with Gasteiger partial charge in [0.15, 0.2) is 0 Å². The Kier molecular flexibility index (Phi) is 6.02. The minimum atomic E-state index is -0.531. The topological polar surface area (TPSA) is 59.6 Å². The highest BCUT2D eigenvalue weighted by atomic mass is 35.5. The van der Waals surface area contributed by atoms with E-state index >= 15 is 0 Å². The van der Waals surface area contributed by atoms with E-state index in [2.05, 4.69) is 10.6 Å². The molecule has 5 nitrogen and oxygen atoms in total. The van der Waals surface area contributed by atoms with Crippen molar-refractivity contribution in [3.05, 3.63) is 45.9 Å². The summed E-state index contributed by atoms with van der Waals surface area (Å²) in [7, 11) is 0. The second-order valence-corrected chi connectivity index (χ2v) is 7.26. The lowest BCUT2D eigenvalue weighted by molar-refractivity contribution is -0.116. The van der Waals surface area contributed by atoms with Crippen LogP contribution in [0.15, 0.2) is 30.3 Å². The number of nitrogens with one attached hydrogen (secondary N) is 2. The molecule has 0 saturated heterocycles. The van der Waals surface area contributed by atoms with Gasteiger partial charge in [0, 0.05) is 18.1 Å². The number of benzene rings is 2. The Bertz CT molecular complexity index is 857. The summed E-state index contributed by atoms with van der Waals surface area (Å²) in [5, 5.41) is 6.69. The molecule has 1 amide bonds. The molecule has 27 heavy (non-hydrogen) atoms. The first kappa shape index (κ1) is 19.6. The highest BCUT2D eigenvalue weighted by Crippen LogP contribution is 2.38. The molecule has 2 atom stereocenters. The molecule has 2 aromatic rings. The molecule has 3 rings (SSSR count). The van der Waals surface area contributed by atoms with Gasteiger partial charge in [-0.25, -0.2) is 0 Å². The summed E-state index contributed by atoms with van der Waals surface area (Å²) >= 11 is 12.1. The third kappa shape index (κ3) is 4.42. The summed E-state index contributed by atoms with van der Waals surface area (Å²) in [5.74, 6) is 1.28. The molecule has 0 aromatic heterocycles. The second kappa shape index (κ2) is 8.28. The Labute approximate surface area is 168 Å². The Hall–Kier alpha value is -2.11. The van der Waals surface area contributed by atoms with E-state index in [1.807, 2.05) is 26.0 Å². The van der Waals surface area contributed by atoms with Crippen LogP contribution in [0.3, 0.4) is 0 Å². The number of carbonyl (C=O) groups excluding carboxylic acids is 1. The number of ether oxygens (including phenoxy) is 2. The lowest BCUT2D eigenvalue weighted by atomic mass is 10.1. The van der Waals surface area contributed by atoms with Gasteiger partial charge in [-0.05, 0) is 39.0 Å². The third-order valence-corrected chi connectivity index (χ3v) is 5.09. The van der Waals surface area contributed by atoms with E-state index in [-0.39, 0.29) is 12.0 Å². The van der Waals surface area contributed by atoms with Crippen molar-refractivity contribution in [2.24, 2.45) is 0 Å². The molecular weight excluding hydrogens is 387 g/mol. The molecule has 0 saturated carbocycles. The predicted octanol–water partition coefficient (Wildman–Crippen LogP) is 5.15. The molecule has 0 spiro atoms. The van der Waals surface area contributed by atoms with E-state index in [1.165, 1.54) is 0 Å². The van der Waals surface area contributed by atoms with Crippen molar-refractivity contribution in [2.45, 2.75) is 39.3 Å². The molecule has 144 valence electrons.